The van der Waals surface area contributed by atoms with E-state index in [4.69, 9.17) is 0 Å². The van der Waals surface area contributed by atoms with E-state index in [9.17, 15) is 14.9 Å². The van der Waals surface area contributed by atoms with E-state index in [1.807, 2.05) is 6.92 Å². The summed E-state index contributed by atoms with van der Waals surface area (Å²) < 4.78 is 0. The van der Waals surface area contributed by atoms with Crippen molar-refractivity contribution in [3.8, 4) is 0 Å². The Bertz CT molecular complexity index is 527. The summed E-state index contributed by atoms with van der Waals surface area (Å²) in [6.07, 6.45) is 0.589. The summed E-state index contributed by atoms with van der Waals surface area (Å²) in [5, 5.41) is 17.0. The molecule has 0 atom stereocenters. The van der Waals surface area contributed by atoms with Crippen LogP contribution < -0.4 is 10.6 Å². The zero-order valence-electron chi connectivity index (χ0n) is 12.1. The number of nitrogens with zero attached hydrogens (tertiary/aromatic N) is 2. The molecule has 2 N–H and O–H groups in total. The van der Waals surface area contributed by atoms with Gasteiger partial charge in [-0.1, -0.05) is 13.0 Å². The highest BCUT2D eigenvalue weighted by molar-refractivity contribution is 5.92. The molecule has 0 saturated carbocycles. The van der Waals surface area contributed by atoms with Gasteiger partial charge in [-0.25, -0.2) is 0 Å². The minimum atomic E-state index is -0.412. The molecule has 1 aliphatic rings. The molecule has 0 aromatic heterocycles. The SMILES string of the molecule is CCc1ccc(NC(=O)CN2CCNCC2)cc1[N+](=O)[O-]. The third-order valence-electron chi connectivity index (χ3n) is 3.52. The topological polar surface area (TPSA) is 87.5 Å². The van der Waals surface area contributed by atoms with Gasteiger partial charge in [0.2, 0.25) is 5.91 Å². The zero-order valence-corrected chi connectivity index (χ0v) is 12.1. The van der Waals surface area contributed by atoms with Crippen molar-refractivity contribution in [3.63, 3.8) is 0 Å². The molecule has 0 aliphatic carbocycles. The van der Waals surface area contributed by atoms with E-state index in [0.29, 0.717) is 24.2 Å². The number of nitro groups is 1. The van der Waals surface area contributed by atoms with Crippen LogP contribution in [-0.4, -0.2) is 48.5 Å². The molecule has 1 aliphatic heterocycles. The van der Waals surface area contributed by atoms with Crippen molar-refractivity contribution in [2.75, 3.05) is 38.0 Å². The van der Waals surface area contributed by atoms with Crippen LogP contribution in [0.5, 0.6) is 0 Å². The number of carbonyl (C=O) groups is 1. The summed E-state index contributed by atoms with van der Waals surface area (Å²) in [4.78, 5) is 24.6. The molecule has 1 amide bonds. The molecule has 1 heterocycles. The number of hydrogen-bond acceptors (Lipinski definition) is 5. The van der Waals surface area contributed by atoms with Crippen molar-refractivity contribution < 1.29 is 9.72 Å². The quantitative estimate of drug-likeness (QED) is 0.624. The first-order valence-corrected chi connectivity index (χ1v) is 7.10. The first-order valence-electron chi connectivity index (χ1n) is 7.10. The van der Waals surface area contributed by atoms with Crippen LogP contribution in [0.2, 0.25) is 0 Å². The highest BCUT2D eigenvalue weighted by atomic mass is 16.6. The van der Waals surface area contributed by atoms with Crippen molar-refractivity contribution in [3.05, 3.63) is 33.9 Å². The lowest BCUT2D eigenvalue weighted by Gasteiger charge is -2.26. The maximum atomic E-state index is 12.0. The van der Waals surface area contributed by atoms with Crippen molar-refractivity contribution in [1.82, 2.24) is 10.2 Å². The Morgan fingerprint density at radius 2 is 2.14 bits per heavy atom. The first kappa shape index (κ1) is 15.4. The van der Waals surface area contributed by atoms with Gasteiger partial charge in [0.05, 0.1) is 11.5 Å². The van der Waals surface area contributed by atoms with Crippen LogP contribution in [0.25, 0.3) is 0 Å². The van der Waals surface area contributed by atoms with Gasteiger partial charge in [-0.05, 0) is 12.5 Å². The molecule has 0 radical (unpaired) electrons. The minimum absolute atomic E-state index is 0.0532. The number of benzene rings is 1. The van der Waals surface area contributed by atoms with E-state index in [1.165, 1.54) is 6.07 Å². The van der Waals surface area contributed by atoms with E-state index in [-0.39, 0.29) is 11.6 Å². The van der Waals surface area contributed by atoms with Gasteiger partial charge in [0.25, 0.3) is 5.69 Å². The second-order valence-corrected chi connectivity index (χ2v) is 5.03. The average molecular weight is 292 g/mol. The maximum Gasteiger partial charge on any atom is 0.274 e. The van der Waals surface area contributed by atoms with Gasteiger partial charge in [-0.2, -0.15) is 0 Å². The van der Waals surface area contributed by atoms with Gasteiger partial charge in [0.15, 0.2) is 0 Å². The predicted octanol–water partition coefficient (Wildman–Crippen LogP) is 1.00. The van der Waals surface area contributed by atoms with Crippen molar-refractivity contribution in [1.29, 1.82) is 0 Å². The smallest absolute Gasteiger partial charge is 0.274 e. The monoisotopic (exact) mass is 292 g/mol. The number of carbonyl (C=O) groups excluding carboxylic acids is 1. The summed E-state index contributed by atoms with van der Waals surface area (Å²) in [5.74, 6) is -0.143. The van der Waals surface area contributed by atoms with Gasteiger partial charge in [0, 0.05) is 43.5 Å². The molecule has 1 saturated heterocycles. The summed E-state index contributed by atoms with van der Waals surface area (Å²) >= 11 is 0. The highest BCUT2D eigenvalue weighted by Gasteiger charge is 2.16. The zero-order chi connectivity index (χ0) is 15.2. The Balaban J connectivity index is 2.00. The van der Waals surface area contributed by atoms with E-state index in [2.05, 4.69) is 15.5 Å². The lowest BCUT2D eigenvalue weighted by atomic mass is 10.1. The van der Waals surface area contributed by atoms with Crippen molar-refractivity contribution >= 4 is 17.3 Å². The Hall–Kier alpha value is -1.99. The first-order chi connectivity index (χ1) is 10.1. The van der Waals surface area contributed by atoms with E-state index in [0.717, 1.165) is 26.2 Å². The second kappa shape index (κ2) is 7.14. The second-order valence-electron chi connectivity index (χ2n) is 5.03. The molecule has 7 nitrogen and oxygen atoms in total. The third-order valence-corrected chi connectivity index (χ3v) is 3.52. The van der Waals surface area contributed by atoms with Gasteiger partial charge >= 0.3 is 0 Å². The fraction of sp³-hybridized carbons (Fsp3) is 0.500. The lowest BCUT2D eigenvalue weighted by molar-refractivity contribution is -0.385. The fourth-order valence-electron chi connectivity index (χ4n) is 2.38. The van der Waals surface area contributed by atoms with E-state index < -0.39 is 4.92 Å². The van der Waals surface area contributed by atoms with E-state index in [1.54, 1.807) is 12.1 Å². The summed E-state index contributed by atoms with van der Waals surface area (Å²) in [6, 6.07) is 4.83. The predicted molar refractivity (Wildman–Crippen MR) is 80.4 cm³/mol. The number of rotatable bonds is 5. The number of aryl methyl sites for hydroxylation is 1. The van der Waals surface area contributed by atoms with Crippen LogP contribution in [0.15, 0.2) is 18.2 Å². The Kier molecular flexibility index (Phi) is 5.24. The molecule has 1 aromatic carbocycles. The summed E-state index contributed by atoms with van der Waals surface area (Å²) in [6.45, 7) is 5.61. The number of amides is 1. The fourth-order valence-corrected chi connectivity index (χ4v) is 2.38. The molecular formula is C14H20N4O3. The van der Waals surface area contributed by atoms with Crippen molar-refractivity contribution in [2.45, 2.75) is 13.3 Å². The van der Waals surface area contributed by atoms with Crippen LogP contribution in [0.1, 0.15) is 12.5 Å². The molecule has 1 fully saturated rings. The van der Waals surface area contributed by atoms with Crippen LogP contribution in [0.4, 0.5) is 11.4 Å². The molecule has 0 spiro atoms. The normalized spacial score (nSPS) is 15.7. The minimum Gasteiger partial charge on any atom is -0.325 e. The van der Waals surface area contributed by atoms with E-state index >= 15 is 0 Å². The van der Waals surface area contributed by atoms with Gasteiger partial charge in [0.1, 0.15) is 0 Å². The molecule has 21 heavy (non-hydrogen) atoms. The Labute approximate surface area is 123 Å². The van der Waals surface area contributed by atoms with Crippen LogP contribution in [0, 0.1) is 10.1 Å². The molecule has 0 bridgehead atoms. The number of anilines is 1. The number of hydrogen-bond donors (Lipinski definition) is 2. The van der Waals surface area contributed by atoms with Gasteiger partial charge < -0.3 is 10.6 Å². The van der Waals surface area contributed by atoms with Gasteiger partial charge in [-0.3, -0.25) is 19.8 Å². The molecule has 2 rings (SSSR count). The third kappa shape index (κ3) is 4.24. The number of nitrogens with one attached hydrogen (secondary N) is 2. The summed E-state index contributed by atoms with van der Waals surface area (Å²) in [7, 11) is 0. The standard InChI is InChI=1S/C14H20N4O3/c1-2-11-3-4-12(9-13(11)18(20)21)16-14(19)10-17-7-5-15-6-8-17/h3-4,9,15H,2,5-8,10H2,1H3,(H,16,19). The molecule has 0 unspecified atom stereocenters. The Morgan fingerprint density at radius 3 is 2.76 bits per heavy atom. The van der Waals surface area contributed by atoms with Crippen LogP contribution >= 0.6 is 0 Å². The molecular weight excluding hydrogens is 272 g/mol. The van der Waals surface area contributed by atoms with Crippen molar-refractivity contribution in [2.24, 2.45) is 0 Å². The van der Waals surface area contributed by atoms with Crippen LogP contribution in [-0.2, 0) is 11.2 Å². The van der Waals surface area contributed by atoms with Gasteiger partial charge in [-0.15, -0.1) is 0 Å². The molecule has 114 valence electrons. The average Bonchev–Trinajstić information content (AvgIpc) is 2.48. The maximum absolute atomic E-state index is 12.0. The van der Waals surface area contributed by atoms with Crippen LogP contribution in [0.3, 0.4) is 0 Å². The largest absolute Gasteiger partial charge is 0.325 e. The highest BCUT2D eigenvalue weighted by Crippen LogP contribution is 2.23. The lowest BCUT2D eigenvalue weighted by Crippen LogP contribution is -2.46. The molecule has 7 heteroatoms. The summed E-state index contributed by atoms with van der Waals surface area (Å²) in [5.41, 5.74) is 1.19. The molecule has 1 aromatic rings. The Morgan fingerprint density at radius 1 is 1.43 bits per heavy atom. The number of nitro benzene ring substituents is 1. The number of piperazine rings is 1.